The first-order valence-corrected chi connectivity index (χ1v) is 4.99. The molecule has 0 bridgehead atoms. The van der Waals surface area contributed by atoms with Crippen LogP contribution < -0.4 is 11.1 Å². The number of oxazole rings is 1. The van der Waals surface area contributed by atoms with Crippen molar-refractivity contribution in [3.63, 3.8) is 0 Å². The van der Waals surface area contributed by atoms with Gasteiger partial charge in [0.2, 0.25) is 5.89 Å². The summed E-state index contributed by atoms with van der Waals surface area (Å²) in [6.45, 7) is 5.29. The minimum Gasteiger partial charge on any atom is -0.446 e. The van der Waals surface area contributed by atoms with E-state index in [2.05, 4.69) is 10.3 Å². The molecule has 1 heterocycles. The second kappa shape index (κ2) is 4.86. The largest absolute Gasteiger partial charge is 0.446 e. The number of amides is 2. The molecule has 2 amide bonds. The summed E-state index contributed by atoms with van der Waals surface area (Å²) in [6, 6.07) is 0. The summed E-state index contributed by atoms with van der Waals surface area (Å²) >= 11 is 0. The minimum atomic E-state index is -0.683. The normalized spacial score (nSPS) is 11.0. The predicted octanol–water partition coefficient (Wildman–Crippen LogP) is 0.798. The highest BCUT2D eigenvalue weighted by molar-refractivity contribution is 5.90. The number of carbonyl (C=O) groups excluding carboxylic acids is 2. The van der Waals surface area contributed by atoms with Crippen LogP contribution in [-0.4, -0.2) is 22.6 Å². The Morgan fingerprint density at radius 1 is 1.53 bits per heavy atom. The van der Waals surface area contributed by atoms with E-state index in [1.54, 1.807) is 20.8 Å². The molecule has 1 aromatic rings. The summed E-state index contributed by atoms with van der Waals surface area (Å²) in [4.78, 5) is 25.8. The molecule has 0 saturated carbocycles. The van der Waals surface area contributed by atoms with E-state index < -0.39 is 17.6 Å². The lowest BCUT2D eigenvalue weighted by Crippen LogP contribution is -2.32. The molecule has 0 aliphatic carbocycles. The fourth-order valence-electron chi connectivity index (χ4n) is 0.967. The van der Waals surface area contributed by atoms with E-state index in [4.69, 9.17) is 14.9 Å². The fraction of sp³-hybridized carbons (Fsp3) is 0.500. The van der Waals surface area contributed by atoms with Gasteiger partial charge in [0.25, 0.3) is 5.91 Å². The molecule has 7 nitrogen and oxygen atoms in total. The van der Waals surface area contributed by atoms with Crippen molar-refractivity contribution in [2.75, 3.05) is 0 Å². The number of aromatic nitrogens is 1. The molecule has 0 atom stereocenters. The summed E-state index contributed by atoms with van der Waals surface area (Å²) in [5.74, 6) is -0.498. The maximum Gasteiger partial charge on any atom is 0.408 e. The van der Waals surface area contributed by atoms with E-state index in [1.807, 2.05) is 0 Å². The molecule has 0 unspecified atom stereocenters. The van der Waals surface area contributed by atoms with Gasteiger partial charge in [0.15, 0.2) is 5.69 Å². The van der Waals surface area contributed by atoms with Crippen LogP contribution in [0.4, 0.5) is 4.79 Å². The first kappa shape index (κ1) is 13.0. The molecular weight excluding hydrogens is 226 g/mol. The van der Waals surface area contributed by atoms with Crippen LogP contribution in [0.2, 0.25) is 0 Å². The number of nitrogens with one attached hydrogen (secondary N) is 1. The predicted molar refractivity (Wildman–Crippen MR) is 58.1 cm³/mol. The molecule has 0 aromatic carbocycles. The Morgan fingerprint density at radius 2 is 2.18 bits per heavy atom. The standard InChI is InChI=1S/C10H15N3O4/c1-10(2,3)17-9(15)12-4-7-13-6(5-16-7)8(11)14/h5H,4H2,1-3H3,(H2,11,14)(H,12,15). The summed E-state index contributed by atoms with van der Waals surface area (Å²) < 4.78 is 9.93. The van der Waals surface area contributed by atoms with E-state index >= 15 is 0 Å². The van der Waals surface area contributed by atoms with Crippen molar-refractivity contribution in [1.29, 1.82) is 0 Å². The molecule has 0 saturated heterocycles. The molecule has 1 aromatic heterocycles. The van der Waals surface area contributed by atoms with Crippen molar-refractivity contribution < 1.29 is 18.7 Å². The number of nitrogens with zero attached hydrogens (tertiary/aromatic N) is 1. The van der Waals surface area contributed by atoms with E-state index in [0.29, 0.717) is 0 Å². The monoisotopic (exact) mass is 241 g/mol. The van der Waals surface area contributed by atoms with Gasteiger partial charge in [-0.15, -0.1) is 0 Å². The molecule has 1 rings (SSSR count). The molecule has 3 N–H and O–H groups in total. The van der Waals surface area contributed by atoms with E-state index in [1.165, 1.54) is 0 Å². The van der Waals surface area contributed by atoms with Crippen LogP contribution in [0.3, 0.4) is 0 Å². The Kier molecular flexibility index (Phi) is 3.72. The summed E-state index contributed by atoms with van der Waals surface area (Å²) in [5.41, 5.74) is 4.44. The van der Waals surface area contributed by atoms with Crippen LogP contribution >= 0.6 is 0 Å². The van der Waals surface area contributed by atoms with E-state index in [9.17, 15) is 9.59 Å². The van der Waals surface area contributed by atoms with E-state index in [-0.39, 0.29) is 18.1 Å². The lowest BCUT2D eigenvalue weighted by Gasteiger charge is -2.19. The molecule has 7 heteroatoms. The second-order valence-electron chi connectivity index (χ2n) is 4.35. The lowest BCUT2D eigenvalue weighted by molar-refractivity contribution is 0.0519. The number of nitrogens with two attached hydrogens (primary N) is 1. The van der Waals surface area contributed by atoms with Crippen molar-refractivity contribution in [2.24, 2.45) is 5.73 Å². The Bertz CT molecular complexity index is 419. The number of hydrogen-bond donors (Lipinski definition) is 2. The number of carbonyl (C=O) groups is 2. The van der Waals surface area contributed by atoms with Gasteiger partial charge in [0, 0.05) is 0 Å². The molecule has 17 heavy (non-hydrogen) atoms. The molecule has 0 aliphatic rings. The van der Waals surface area contributed by atoms with Gasteiger partial charge in [0.05, 0.1) is 6.54 Å². The highest BCUT2D eigenvalue weighted by atomic mass is 16.6. The Balaban J connectivity index is 2.45. The third-order valence-corrected chi connectivity index (χ3v) is 1.59. The highest BCUT2D eigenvalue weighted by Crippen LogP contribution is 2.07. The Labute approximate surface area is 98.3 Å². The number of rotatable bonds is 3. The third-order valence-electron chi connectivity index (χ3n) is 1.59. The van der Waals surface area contributed by atoms with Gasteiger partial charge in [-0.2, -0.15) is 0 Å². The summed E-state index contributed by atoms with van der Waals surface area (Å²) in [7, 11) is 0. The lowest BCUT2D eigenvalue weighted by atomic mass is 10.2. The average Bonchev–Trinajstić information content (AvgIpc) is 2.60. The number of hydrogen-bond acceptors (Lipinski definition) is 5. The molecule has 0 fully saturated rings. The smallest absolute Gasteiger partial charge is 0.408 e. The quantitative estimate of drug-likeness (QED) is 0.813. The van der Waals surface area contributed by atoms with Crippen LogP contribution in [0.15, 0.2) is 10.7 Å². The topological polar surface area (TPSA) is 107 Å². The minimum absolute atomic E-state index is 0.0194. The molecule has 94 valence electrons. The van der Waals surface area contributed by atoms with Gasteiger partial charge >= 0.3 is 6.09 Å². The third kappa shape index (κ3) is 4.54. The van der Waals surface area contributed by atoms with Crippen molar-refractivity contribution in [1.82, 2.24) is 10.3 Å². The first-order chi connectivity index (χ1) is 7.78. The van der Waals surface area contributed by atoms with Crippen LogP contribution in [0.1, 0.15) is 37.2 Å². The van der Waals surface area contributed by atoms with Crippen LogP contribution in [-0.2, 0) is 11.3 Å². The zero-order chi connectivity index (χ0) is 13.1. The highest BCUT2D eigenvalue weighted by Gasteiger charge is 2.16. The molecular formula is C10H15N3O4. The zero-order valence-electron chi connectivity index (χ0n) is 9.94. The van der Waals surface area contributed by atoms with Gasteiger partial charge in [-0.05, 0) is 20.8 Å². The van der Waals surface area contributed by atoms with Crippen LogP contribution in [0, 0.1) is 0 Å². The van der Waals surface area contributed by atoms with Crippen molar-refractivity contribution in [3.05, 3.63) is 17.8 Å². The maximum atomic E-state index is 11.3. The molecule has 0 spiro atoms. The number of ether oxygens (including phenoxy) is 1. The number of alkyl carbamates (subject to hydrolysis) is 1. The molecule has 0 radical (unpaired) electrons. The van der Waals surface area contributed by atoms with Crippen molar-refractivity contribution >= 4 is 12.0 Å². The Hall–Kier alpha value is -2.05. The average molecular weight is 241 g/mol. The SMILES string of the molecule is CC(C)(C)OC(=O)NCc1nc(C(N)=O)co1. The van der Waals surface area contributed by atoms with Gasteiger partial charge in [-0.1, -0.05) is 0 Å². The second-order valence-corrected chi connectivity index (χ2v) is 4.35. The Morgan fingerprint density at radius 3 is 2.65 bits per heavy atom. The van der Waals surface area contributed by atoms with Crippen LogP contribution in [0.25, 0.3) is 0 Å². The van der Waals surface area contributed by atoms with Gasteiger partial charge in [0.1, 0.15) is 11.9 Å². The van der Waals surface area contributed by atoms with Crippen molar-refractivity contribution in [2.45, 2.75) is 32.9 Å². The van der Waals surface area contributed by atoms with Gasteiger partial charge < -0.3 is 20.2 Å². The van der Waals surface area contributed by atoms with Crippen molar-refractivity contribution in [3.8, 4) is 0 Å². The van der Waals surface area contributed by atoms with E-state index in [0.717, 1.165) is 6.26 Å². The van der Waals surface area contributed by atoms with Gasteiger partial charge in [-0.3, -0.25) is 4.79 Å². The molecule has 0 aliphatic heterocycles. The zero-order valence-corrected chi connectivity index (χ0v) is 9.94. The maximum absolute atomic E-state index is 11.3. The number of primary amides is 1. The first-order valence-electron chi connectivity index (χ1n) is 4.99. The van der Waals surface area contributed by atoms with Crippen LogP contribution in [0.5, 0.6) is 0 Å². The summed E-state index contributed by atoms with van der Waals surface area (Å²) in [5, 5.41) is 2.44. The summed E-state index contributed by atoms with van der Waals surface area (Å²) in [6.07, 6.45) is 0.547. The fourth-order valence-corrected chi connectivity index (χ4v) is 0.967. The van der Waals surface area contributed by atoms with Gasteiger partial charge in [-0.25, -0.2) is 9.78 Å².